The summed E-state index contributed by atoms with van der Waals surface area (Å²) in [5.74, 6) is -2.18. The van der Waals surface area contributed by atoms with Gasteiger partial charge in [-0.25, -0.2) is 0 Å². The van der Waals surface area contributed by atoms with Crippen molar-refractivity contribution in [3.05, 3.63) is 53.6 Å². The van der Waals surface area contributed by atoms with E-state index in [1.807, 2.05) is 66.7 Å². The van der Waals surface area contributed by atoms with Crippen LogP contribution in [0.2, 0.25) is 0 Å². The second-order valence-corrected chi connectivity index (χ2v) is 12.8. The predicted molar refractivity (Wildman–Crippen MR) is 165 cm³/mol. The zero-order valence-corrected chi connectivity index (χ0v) is 26.3. The van der Waals surface area contributed by atoms with Gasteiger partial charge in [-0.15, -0.1) is 0 Å². The zero-order chi connectivity index (χ0) is 31.3. The summed E-state index contributed by atoms with van der Waals surface area (Å²) in [6.07, 6.45) is 1.15. The van der Waals surface area contributed by atoms with E-state index in [4.69, 9.17) is 9.47 Å². The van der Waals surface area contributed by atoms with Crippen LogP contribution in [0.5, 0.6) is 5.75 Å². The number of hydrogen-bond donors (Lipinski definition) is 3. The average Bonchev–Trinajstić information content (AvgIpc) is 3.49. The molecule has 0 saturated carbocycles. The fraction of sp³-hybridized carbons (Fsp3) is 0.559. The average molecular weight is 592 g/mol. The van der Waals surface area contributed by atoms with E-state index in [0.717, 1.165) is 11.1 Å². The summed E-state index contributed by atoms with van der Waals surface area (Å²) < 4.78 is 12.4. The maximum atomic E-state index is 14.6. The summed E-state index contributed by atoms with van der Waals surface area (Å²) >= 11 is 0. The Bertz CT molecular complexity index is 1370. The first-order valence-corrected chi connectivity index (χ1v) is 15.5. The van der Waals surface area contributed by atoms with E-state index in [2.05, 4.69) is 10.6 Å². The second-order valence-electron chi connectivity index (χ2n) is 12.8. The molecule has 0 aliphatic carbocycles. The maximum absolute atomic E-state index is 14.6. The molecule has 0 aromatic heterocycles. The minimum atomic E-state index is -1.21. The number of aliphatic hydroxyl groups excluding tert-OH is 1. The van der Waals surface area contributed by atoms with Gasteiger partial charge in [-0.1, -0.05) is 45.4 Å². The molecule has 3 aliphatic heterocycles. The summed E-state index contributed by atoms with van der Waals surface area (Å²) in [6, 6.07) is 11.3. The molecule has 9 heteroatoms. The van der Waals surface area contributed by atoms with Gasteiger partial charge in [-0.3, -0.25) is 14.4 Å². The van der Waals surface area contributed by atoms with Gasteiger partial charge in [0.25, 0.3) is 0 Å². The molecule has 3 aliphatic rings. The third kappa shape index (κ3) is 4.90. The molecule has 1 spiro atoms. The molecule has 2 aromatic carbocycles. The van der Waals surface area contributed by atoms with Crippen molar-refractivity contribution >= 4 is 29.1 Å². The highest BCUT2D eigenvalue weighted by molar-refractivity contribution is 6.06. The fourth-order valence-corrected chi connectivity index (χ4v) is 7.77. The highest BCUT2D eigenvalue weighted by Crippen LogP contribution is 2.65. The second kappa shape index (κ2) is 11.6. The Hall–Kier alpha value is -3.43. The normalized spacial score (nSPS) is 30.6. The number of amides is 3. The van der Waals surface area contributed by atoms with Crippen LogP contribution in [-0.2, 0) is 19.1 Å². The number of aliphatic hydroxyl groups is 1. The van der Waals surface area contributed by atoms with E-state index in [1.165, 1.54) is 0 Å². The smallest absolute Gasteiger partial charge is 0.250 e. The van der Waals surface area contributed by atoms with Gasteiger partial charge < -0.3 is 30.1 Å². The Morgan fingerprint density at radius 2 is 1.74 bits per heavy atom. The van der Waals surface area contributed by atoms with Crippen LogP contribution in [0.4, 0.5) is 11.4 Å². The van der Waals surface area contributed by atoms with E-state index in [0.29, 0.717) is 36.6 Å². The van der Waals surface area contributed by atoms with E-state index in [1.54, 1.807) is 29.2 Å². The third-order valence-corrected chi connectivity index (χ3v) is 10.3. The Morgan fingerprint density at radius 1 is 1.09 bits per heavy atom. The first kappa shape index (κ1) is 31.0. The number of carbonyl (C=O) groups excluding carboxylic acids is 3. The number of hydrogen-bond acceptors (Lipinski definition) is 6. The molecule has 2 bridgehead atoms. The molecule has 2 aromatic rings. The highest BCUT2D eigenvalue weighted by Gasteiger charge is 2.80. The molecule has 9 nitrogen and oxygen atoms in total. The van der Waals surface area contributed by atoms with Crippen LogP contribution in [-0.4, -0.2) is 64.2 Å². The lowest BCUT2D eigenvalue weighted by atomic mass is 9.62. The number of aryl methyl sites for hydroxylation is 2. The number of anilines is 2. The molecule has 3 amide bonds. The lowest BCUT2D eigenvalue weighted by molar-refractivity contribution is -0.149. The van der Waals surface area contributed by atoms with Gasteiger partial charge in [0.1, 0.15) is 17.4 Å². The molecule has 232 valence electrons. The molecular formula is C34H45N3O6. The number of rotatable bonds is 10. The summed E-state index contributed by atoms with van der Waals surface area (Å²) in [4.78, 5) is 44.7. The maximum Gasteiger partial charge on any atom is 0.250 e. The number of fused-ring (bicyclic) bond motifs is 1. The zero-order valence-electron chi connectivity index (χ0n) is 26.3. The van der Waals surface area contributed by atoms with Crippen LogP contribution in [0, 0.1) is 37.5 Å². The van der Waals surface area contributed by atoms with Gasteiger partial charge in [-0.05, 0) is 81.3 Å². The molecule has 43 heavy (non-hydrogen) atoms. The molecule has 0 radical (unpaired) electrons. The Morgan fingerprint density at radius 3 is 2.33 bits per heavy atom. The first-order valence-electron chi connectivity index (χ1n) is 15.5. The van der Waals surface area contributed by atoms with E-state index >= 15 is 0 Å². The van der Waals surface area contributed by atoms with Crippen LogP contribution in [0.15, 0.2) is 42.5 Å². The SMILES string of the molecule is CCOc1ccc(NC(=O)[C@@H]2[C@H]3C(=O)N([C@@H](CO)[C@@H](C)CC)C(C(=O)Nc4c(C)cccc4C)C34CC(C)[C@@]2(C)O4)cc1. The van der Waals surface area contributed by atoms with Gasteiger partial charge in [-0.2, -0.15) is 0 Å². The quantitative estimate of drug-likeness (QED) is 0.369. The molecular weight excluding hydrogens is 546 g/mol. The number of ether oxygens (including phenoxy) is 2. The monoisotopic (exact) mass is 591 g/mol. The number of likely N-dealkylation sites (tertiary alicyclic amines) is 1. The standard InChI is InChI=1S/C34H45N3O6/c1-8-19(3)25(18-38)37-29(31(40)36-28-20(4)11-10-12-21(28)5)34-17-22(6)33(7,43-34)26(27(34)32(37)41)30(39)35-23-13-15-24(16-14-23)42-9-2/h10-16,19,22,25-27,29,38H,8-9,17-18H2,1-7H3,(H,35,39)(H,36,40)/t19-,22?,25-,26-,27-,29?,33+,34?/m0/s1. The molecule has 3 N–H and O–H groups in total. The summed E-state index contributed by atoms with van der Waals surface area (Å²) in [5.41, 5.74) is 0.922. The summed E-state index contributed by atoms with van der Waals surface area (Å²) in [7, 11) is 0. The van der Waals surface area contributed by atoms with Crippen molar-refractivity contribution in [3.8, 4) is 5.75 Å². The number of nitrogens with one attached hydrogen (secondary N) is 2. The molecule has 3 unspecified atom stereocenters. The Balaban J connectivity index is 1.56. The van der Waals surface area contributed by atoms with Crippen LogP contribution < -0.4 is 15.4 Å². The summed E-state index contributed by atoms with van der Waals surface area (Å²) in [6.45, 7) is 13.9. The van der Waals surface area contributed by atoms with Crippen molar-refractivity contribution in [1.82, 2.24) is 4.90 Å². The molecule has 3 saturated heterocycles. The molecule has 5 rings (SSSR count). The van der Waals surface area contributed by atoms with Gasteiger partial charge >= 0.3 is 0 Å². The van der Waals surface area contributed by atoms with Crippen molar-refractivity contribution in [1.29, 1.82) is 0 Å². The third-order valence-electron chi connectivity index (χ3n) is 10.3. The van der Waals surface area contributed by atoms with Gasteiger partial charge in [0, 0.05) is 11.4 Å². The predicted octanol–water partition coefficient (Wildman–Crippen LogP) is 4.70. The van der Waals surface area contributed by atoms with Crippen molar-refractivity contribution in [2.75, 3.05) is 23.8 Å². The highest BCUT2D eigenvalue weighted by atomic mass is 16.5. The minimum absolute atomic E-state index is 0.0824. The van der Waals surface area contributed by atoms with Crippen molar-refractivity contribution in [3.63, 3.8) is 0 Å². The van der Waals surface area contributed by atoms with Crippen LogP contribution in [0.3, 0.4) is 0 Å². The van der Waals surface area contributed by atoms with Crippen molar-refractivity contribution in [2.24, 2.45) is 23.7 Å². The molecule has 3 heterocycles. The minimum Gasteiger partial charge on any atom is -0.494 e. The first-order chi connectivity index (χ1) is 20.4. The van der Waals surface area contributed by atoms with Crippen molar-refractivity contribution < 1.29 is 29.0 Å². The topological polar surface area (TPSA) is 117 Å². The van der Waals surface area contributed by atoms with E-state index in [9.17, 15) is 19.5 Å². The number of para-hydroxylation sites is 1. The van der Waals surface area contributed by atoms with E-state index in [-0.39, 0.29) is 36.2 Å². The summed E-state index contributed by atoms with van der Waals surface area (Å²) in [5, 5.41) is 16.7. The van der Waals surface area contributed by atoms with Gasteiger partial charge in [0.15, 0.2) is 0 Å². The Kier molecular flexibility index (Phi) is 8.35. The number of benzene rings is 2. The fourth-order valence-electron chi connectivity index (χ4n) is 7.77. The van der Waals surface area contributed by atoms with Crippen LogP contribution in [0.1, 0.15) is 58.6 Å². The van der Waals surface area contributed by atoms with Gasteiger partial charge in [0.05, 0.1) is 36.7 Å². The number of carbonyl (C=O) groups is 3. The Labute approximate surface area is 254 Å². The number of nitrogens with zero attached hydrogens (tertiary/aromatic N) is 1. The largest absolute Gasteiger partial charge is 0.494 e. The molecule has 8 atom stereocenters. The van der Waals surface area contributed by atoms with E-state index < -0.39 is 35.1 Å². The lowest BCUT2D eigenvalue weighted by Crippen LogP contribution is -2.57. The van der Waals surface area contributed by atoms with Gasteiger partial charge in [0.2, 0.25) is 17.7 Å². The molecule has 3 fully saturated rings. The van der Waals surface area contributed by atoms with Crippen LogP contribution in [0.25, 0.3) is 0 Å². The van der Waals surface area contributed by atoms with Crippen molar-refractivity contribution in [2.45, 2.75) is 84.6 Å². The van der Waals surface area contributed by atoms with Crippen LogP contribution >= 0.6 is 0 Å². The lowest BCUT2D eigenvalue weighted by Gasteiger charge is -2.39.